The molecular formula is C26H28F2N2OS. The van der Waals surface area contributed by atoms with Crippen molar-refractivity contribution >= 4 is 16.8 Å². The van der Waals surface area contributed by atoms with E-state index in [4.69, 9.17) is 9.84 Å². The van der Waals surface area contributed by atoms with Gasteiger partial charge < -0.3 is 4.74 Å². The fraction of sp³-hybridized carbons (Fsp3) is 0.269. The van der Waals surface area contributed by atoms with Gasteiger partial charge in [-0.1, -0.05) is 103 Å². The Morgan fingerprint density at radius 2 is 1.50 bits per heavy atom. The molecule has 0 saturated carbocycles. The second-order valence-corrected chi connectivity index (χ2v) is 8.31. The van der Waals surface area contributed by atoms with Gasteiger partial charge in [0.25, 0.3) is 0 Å². The van der Waals surface area contributed by atoms with Crippen molar-refractivity contribution in [2.24, 2.45) is 5.10 Å². The van der Waals surface area contributed by atoms with E-state index < -0.39 is 6.61 Å². The minimum Gasteiger partial charge on any atom is -0.434 e. The summed E-state index contributed by atoms with van der Waals surface area (Å²) in [4.78, 5) is 0. The first-order valence-electron chi connectivity index (χ1n) is 10.7. The van der Waals surface area contributed by atoms with Gasteiger partial charge in [0.05, 0.1) is 6.54 Å². The van der Waals surface area contributed by atoms with Crippen molar-refractivity contribution in [2.75, 3.05) is 0 Å². The lowest BCUT2D eigenvalue weighted by molar-refractivity contribution is -0.0508. The Kier molecular flexibility index (Phi) is 8.28. The highest BCUT2D eigenvalue weighted by atomic mass is 32.2. The number of thioether (sulfide) groups is 1. The third-order valence-electron chi connectivity index (χ3n) is 4.88. The van der Waals surface area contributed by atoms with Crippen molar-refractivity contribution in [2.45, 2.75) is 46.2 Å². The molecular weight excluding hydrogens is 426 g/mol. The molecule has 1 unspecified atom stereocenters. The Bertz CT molecular complexity index is 1040. The zero-order valence-corrected chi connectivity index (χ0v) is 19.6. The van der Waals surface area contributed by atoms with Gasteiger partial charge >= 0.3 is 6.61 Å². The van der Waals surface area contributed by atoms with Crippen LogP contribution in [0.4, 0.5) is 8.78 Å². The third kappa shape index (κ3) is 5.88. The van der Waals surface area contributed by atoms with Gasteiger partial charge in [-0.3, -0.25) is 5.01 Å². The van der Waals surface area contributed by atoms with Crippen LogP contribution in [0.5, 0.6) is 5.75 Å². The fourth-order valence-electron chi connectivity index (χ4n) is 3.29. The highest BCUT2D eigenvalue weighted by molar-refractivity contribution is 8.14. The van der Waals surface area contributed by atoms with E-state index in [9.17, 15) is 8.78 Å². The van der Waals surface area contributed by atoms with Crippen LogP contribution in [0, 0.1) is 13.8 Å². The molecule has 1 aliphatic rings. The third-order valence-corrected chi connectivity index (χ3v) is 6.14. The smallest absolute Gasteiger partial charge is 0.387 e. The van der Waals surface area contributed by atoms with Gasteiger partial charge in [0.2, 0.25) is 0 Å². The lowest BCUT2D eigenvalue weighted by Crippen LogP contribution is -2.18. The lowest BCUT2D eigenvalue weighted by atomic mass is 10.1. The van der Waals surface area contributed by atoms with E-state index in [-0.39, 0.29) is 11.1 Å². The minimum absolute atomic E-state index is 0.180. The van der Waals surface area contributed by atoms with Gasteiger partial charge in [-0.15, -0.1) is 0 Å². The first kappa shape index (κ1) is 23.8. The molecule has 168 valence electrons. The van der Waals surface area contributed by atoms with Crippen LogP contribution in [0.15, 0.2) is 77.9 Å². The summed E-state index contributed by atoms with van der Waals surface area (Å²) in [7, 11) is 0. The molecule has 1 heterocycles. The predicted molar refractivity (Wildman–Crippen MR) is 129 cm³/mol. The minimum atomic E-state index is -2.87. The number of alkyl halides is 2. The number of benzene rings is 3. The molecule has 3 nitrogen and oxygen atoms in total. The number of aryl methyl sites for hydroxylation is 2. The topological polar surface area (TPSA) is 24.8 Å². The number of halogens is 2. The highest BCUT2D eigenvalue weighted by Crippen LogP contribution is 2.45. The van der Waals surface area contributed by atoms with Crippen molar-refractivity contribution in [1.29, 1.82) is 0 Å². The maximum Gasteiger partial charge on any atom is 0.387 e. The molecule has 0 N–H and O–H groups in total. The largest absolute Gasteiger partial charge is 0.434 e. The van der Waals surface area contributed by atoms with Crippen LogP contribution in [0.3, 0.4) is 0 Å². The molecule has 32 heavy (non-hydrogen) atoms. The standard InChI is InChI=1S/C24H22F2N2OS.C2H6/c1-16-7-11-18(12-8-16)15-28-23(20-5-3-4-6-21(20)29-24(25)26)30-22(27-28)19-13-9-17(2)10-14-19;1-2/h3-14,23-24H,15H2,1-2H3;1-2H3. The van der Waals surface area contributed by atoms with Gasteiger partial charge in [-0.2, -0.15) is 13.9 Å². The molecule has 0 saturated heterocycles. The average Bonchev–Trinajstić information content (AvgIpc) is 3.21. The van der Waals surface area contributed by atoms with Crippen LogP contribution in [-0.2, 0) is 6.54 Å². The van der Waals surface area contributed by atoms with E-state index in [1.54, 1.807) is 23.9 Å². The van der Waals surface area contributed by atoms with E-state index in [0.717, 1.165) is 16.2 Å². The Morgan fingerprint density at radius 3 is 2.12 bits per heavy atom. The molecule has 1 atom stereocenters. The van der Waals surface area contributed by atoms with Gasteiger partial charge in [0, 0.05) is 11.1 Å². The summed E-state index contributed by atoms with van der Waals surface area (Å²) in [6, 6.07) is 23.4. The SMILES string of the molecule is CC.Cc1ccc(CN2N=C(c3ccc(C)cc3)SC2c2ccccc2OC(F)F)cc1. The second kappa shape index (κ2) is 11.1. The van der Waals surface area contributed by atoms with Crippen molar-refractivity contribution < 1.29 is 13.5 Å². The normalized spacial score (nSPS) is 15.3. The van der Waals surface area contributed by atoms with Crippen LogP contribution in [0.25, 0.3) is 0 Å². The molecule has 0 amide bonds. The lowest BCUT2D eigenvalue weighted by Gasteiger charge is -2.24. The fourth-order valence-corrected chi connectivity index (χ4v) is 4.49. The molecule has 0 radical (unpaired) electrons. The van der Waals surface area contributed by atoms with Gasteiger partial charge in [0.1, 0.15) is 16.2 Å². The first-order valence-corrected chi connectivity index (χ1v) is 11.6. The summed E-state index contributed by atoms with van der Waals surface area (Å²) >= 11 is 1.55. The number of para-hydroxylation sites is 1. The predicted octanol–water partition coefficient (Wildman–Crippen LogP) is 7.54. The number of hydrogen-bond donors (Lipinski definition) is 0. The zero-order chi connectivity index (χ0) is 23.1. The Hall–Kier alpha value is -2.86. The molecule has 3 aromatic carbocycles. The molecule has 6 heteroatoms. The van der Waals surface area contributed by atoms with Crippen LogP contribution in [-0.4, -0.2) is 16.7 Å². The number of rotatable bonds is 6. The molecule has 3 aromatic rings. The molecule has 1 aliphatic heterocycles. The van der Waals surface area contributed by atoms with Crippen LogP contribution >= 0.6 is 11.8 Å². The van der Waals surface area contributed by atoms with Crippen molar-refractivity contribution in [3.8, 4) is 5.75 Å². The molecule has 0 aliphatic carbocycles. The quantitative estimate of drug-likeness (QED) is 0.385. The van der Waals surface area contributed by atoms with Crippen LogP contribution < -0.4 is 4.74 Å². The summed E-state index contributed by atoms with van der Waals surface area (Å²) in [6.07, 6.45) is 0. The van der Waals surface area contributed by atoms with Gasteiger partial charge in [-0.05, 0) is 25.5 Å². The molecule has 4 rings (SSSR count). The van der Waals surface area contributed by atoms with Crippen molar-refractivity contribution in [3.05, 3.63) is 101 Å². The second-order valence-electron chi connectivity index (χ2n) is 7.24. The van der Waals surface area contributed by atoms with E-state index in [1.807, 2.05) is 69.1 Å². The maximum absolute atomic E-state index is 13.0. The molecule has 0 bridgehead atoms. The Morgan fingerprint density at radius 1 is 0.906 bits per heavy atom. The molecule has 0 spiro atoms. The first-order chi connectivity index (χ1) is 15.5. The zero-order valence-electron chi connectivity index (χ0n) is 18.8. The van der Waals surface area contributed by atoms with Crippen LogP contribution in [0.1, 0.15) is 47.0 Å². The summed E-state index contributed by atoms with van der Waals surface area (Å²) in [5.74, 6) is 0.180. The monoisotopic (exact) mass is 454 g/mol. The van der Waals surface area contributed by atoms with E-state index in [1.165, 1.54) is 11.1 Å². The van der Waals surface area contributed by atoms with E-state index in [0.29, 0.717) is 12.1 Å². The molecule has 0 fully saturated rings. The van der Waals surface area contributed by atoms with Gasteiger partial charge in [-0.25, -0.2) is 0 Å². The maximum atomic E-state index is 13.0. The van der Waals surface area contributed by atoms with E-state index in [2.05, 4.69) is 24.3 Å². The van der Waals surface area contributed by atoms with Gasteiger partial charge in [0.15, 0.2) is 0 Å². The molecule has 0 aromatic heterocycles. The number of ether oxygens (including phenoxy) is 1. The highest BCUT2D eigenvalue weighted by Gasteiger charge is 2.32. The van der Waals surface area contributed by atoms with E-state index >= 15 is 0 Å². The van der Waals surface area contributed by atoms with Crippen molar-refractivity contribution in [3.63, 3.8) is 0 Å². The summed E-state index contributed by atoms with van der Waals surface area (Å²) in [5, 5.41) is 7.39. The summed E-state index contributed by atoms with van der Waals surface area (Å²) < 4.78 is 30.8. The average molecular weight is 455 g/mol. The Labute approximate surface area is 193 Å². The number of nitrogens with zero attached hydrogens (tertiary/aromatic N) is 2. The number of hydrazone groups is 1. The van der Waals surface area contributed by atoms with Crippen molar-refractivity contribution in [1.82, 2.24) is 5.01 Å². The summed E-state index contributed by atoms with van der Waals surface area (Å²) in [5.41, 5.74) is 5.15. The Balaban J connectivity index is 0.00000141. The summed E-state index contributed by atoms with van der Waals surface area (Å²) in [6.45, 7) is 5.78. The van der Waals surface area contributed by atoms with Crippen LogP contribution in [0.2, 0.25) is 0 Å². The number of hydrogen-bond acceptors (Lipinski definition) is 4.